The average molecular weight is 354 g/mol. The van der Waals surface area contributed by atoms with Crippen LogP contribution < -0.4 is 14.8 Å². The quantitative estimate of drug-likeness (QED) is 0.901. The number of hydrogen-bond donors (Lipinski definition) is 1. The minimum absolute atomic E-state index is 0.187. The molecule has 3 nitrogen and oxygen atoms in total. The second-order valence-electron chi connectivity index (χ2n) is 4.56. The van der Waals surface area contributed by atoms with Crippen LogP contribution >= 0.6 is 27.3 Å². The molecule has 0 fully saturated rings. The van der Waals surface area contributed by atoms with Crippen molar-refractivity contribution in [2.45, 2.75) is 13.0 Å². The summed E-state index contributed by atoms with van der Waals surface area (Å²) in [6.45, 7) is 4.27. The number of nitrogens with one attached hydrogen (secondary N) is 1. The highest BCUT2D eigenvalue weighted by Crippen LogP contribution is 2.36. The first-order valence-corrected chi connectivity index (χ1v) is 8.32. The molecule has 0 amide bonds. The molecule has 0 saturated carbocycles. The molecular formula is C15H16BrNO2S. The Morgan fingerprint density at radius 2 is 2.05 bits per heavy atom. The number of halogens is 1. The standard InChI is InChI=1S/C15H16BrNO2S/c1-2-17-15(14-8-11(16)9-20-14)10-3-4-12-13(7-10)19-6-5-18-12/h3-4,7-9,15,17H,2,5-6H2,1H3. The Bertz CT molecular complexity index is 599. The largest absolute Gasteiger partial charge is 0.486 e. The molecule has 106 valence electrons. The van der Waals surface area contributed by atoms with E-state index in [9.17, 15) is 0 Å². The SMILES string of the molecule is CCNC(c1ccc2c(c1)OCCO2)c1cc(Br)cs1. The van der Waals surface area contributed by atoms with Crippen molar-refractivity contribution in [3.63, 3.8) is 0 Å². The van der Waals surface area contributed by atoms with E-state index in [1.165, 1.54) is 10.4 Å². The summed E-state index contributed by atoms with van der Waals surface area (Å²) in [6.07, 6.45) is 0. The zero-order chi connectivity index (χ0) is 13.9. The molecule has 1 N–H and O–H groups in total. The maximum Gasteiger partial charge on any atom is 0.161 e. The molecule has 2 aromatic rings. The first-order chi connectivity index (χ1) is 9.78. The molecule has 0 spiro atoms. The van der Waals surface area contributed by atoms with Crippen LogP contribution in [0.25, 0.3) is 0 Å². The van der Waals surface area contributed by atoms with Crippen LogP contribution in [0.1, 0.15) is 23.4 Å². The van der Waals surface area contributed by atoms with Crippen LogP contribution in [0.15, 0.2) is 34.1 Å². The van der Waals surface area contributed by atoms with Gasteiger partial charge in [-0.15, -0.1) is 11.3 Å². The highest BCUT2D eigenvalue weighted by atomic mass is 79.9. The molecule has 1 aromatic carbocycles. The first-order valence-electron chi connectivity index (χ1n) is 6.65. The van der Waals surface area contributed by atoms with Gasteiger partial charge < -0.3 is 14.8 Å². The number of benzene rings is 1. The van der Waals surface area contributed by atoms with Gasteiger partial charge >= 0.3 is 0 Å². The number of fused-ring (bicyclic) bond motifs is 1. The van der Waals surface area contributed by atoms with E-state index < -0.39 is 0 Å². The van der Waals surface area contributed by atoms with Crippen molar-refractivity contribution in [2.24, 2.45) is 0 Å². The molecule has 20 heavy (non-hydrogen) atoms. The molecule has 2 heterocycles. The first kappa shape index (κ1) is 13.9. The lowest BCUT2D eigenvalue weighted by atomic mass is 10.0. The van der Waals surface area contributed by atoms with E-state index in [-0.39, 0.29) is 6.04 Å². The summed E-state index contributed by atoms with van der Waals surface area (Å²) in [5.74, 6) is 1.68. The second kappa shape index (κ2) is 6.16. The fraction of sp³-hybridized carbons (Fsp3) is 0.333. The van der Waals surface area contributed by atoms with Gasteiger partial charge in [-0.3, -0.25) is 0 Å². The predicted molar refractivity (Wildman–Crippen MR) is 85.0 cm³/mol. The number of ether oxygens (including phenoxy) is 2. The molecule has 1 aromatic heterocycles. The summed E-state index contributed by atoms with van der Waals surface area (Å²) in [5, 5.41) is 5.64. The van der Waals surface area contributed by atoms with Crippen LogP contribution in [0.4, 0.5) is 0 Å². The zero-order valence-corrected chi connectivity index (χ0v) is 13.6. The zero-order valence-electron chi connectivity index (χ0n) is 11.2. The average Bonchev–Trinajstić information content (AvgIpc) is 2.90. The van der Waals surface area contributed by atoms with Crippen molar-refractivity contribution < 1.29 is 9.47 Å². The fourth-order valence-corrected chi connectivity index (χ4v) is 3.85. The molecule has 1 unspecified atom stereocenters. The molecular weight excluding hydrogens is 338 g/mol. The van der Waals surface area contributed by atoms with Gasteiger partial charge in [-0.2, -0.15) is 0 Å². The molecule has 0 aliphatic carbocycles. The van der Waals surface area contributed by atoms with Crippen LogP contribution in [-0.2, 0) is 0 Å². The van der Waals surface area contributed by atoms with Crippen molar-refractivity contribution in [1.29, 1.82) is 0 Å². The van der Waals surface area contributed by atoms with Crippen LogP contribution in [-0.4, -0.2) is 19.8 Å². The highest BCUT2D eigenvalue weighted by molar-refractivity contribution is 9.10. The van der Waals surface area contributed by atoms with Gasteiger partial charge in [0.25, 0.3) is 0 Å². The maximum atomic E-state index is 5.67. The van der Waals surface area contributed by atoms with Crippen LogP contribution in [0.2, 0.25) is 0 Å². The highest BCUT2D eigenvalue weighted by Gasteiger charge is 2.19. The van der Waals surface area contributed by atoms with Crippen LogP contribution in [0, 0.1) is 0 Å². The van der Waals surface area contributed by atoms with E-state index in [2.05, 4.69) is 51.7 Å². The van der Waals surface area contributed by atoms with E-state index in [0.29, 0.717) is 13.2 Å². The van der Waals surface area contributed by atoms with Crippen molar-refractivity contribution in [3.8, 4) is 11.5 Å². The second-order valence-corrected chi connectivity index (χ2v) is 6.42. The van der Waals surface area contributed by atoms with Crippen LogP contribution in [0.3, 0.4) is 0 Å². The summed E-state index contributed by atoms with van der Waals surface area (Å²) in [5.41, 5.74) is 1.20. The summed E-state index contributed by atoms with van der Waals surface area (Å²) >= 11 is 5.27. The van der Waals surface area contributed by atoms with E-state index >= 15 is 0 Å². The Hall–Kier alpha value is -1.04. The van der Waals surface area contributed by atoms with Gasteiger partial charge in [0.1, 0.15) is 13.2 Å². The lowest BCUT2D eigenvalue weighted by molar-refractivity contribution is 0.171. The van der Waals surface area contributed by atoms with Gasteiger partial charge in [0.05, 0.1) is 6.04 Å². The molecule has 1 aliphatic rings. The molecule has 0 radical (unpaired) electrons. The monoisotopic (exact) mass is 353 g/mol. The van der Waals surface area contributed by atoms with E-state index in [0.717, 1.165) is 22.5 Å². The van der Waals surface area contributed by atoms with Crippen molar-refractivity contribution >= 4 is 27.3 Å². The normalized spacial score (nSPS) is 15.1. The Labute approximate surface area is 131 Å². The molecule has 1 atom stereocenters. The Kier molecular flexibility index (Phi) is 4.29. The third-order valence-electron chi connectivity index (χ3n) is 3.18. The van der Waals surface area contributed by atoms with E-state index in [1.807, 2.05) is 6.07 Å². The lowest BCUT2D eigenvalue weighted by Gasteiger charge is -2.22. The minimum Gasteiger partial charge on any atom is -0.486 e. The lowest BCUT2D eigenvalue weighted by Crippen LogP contribution is -2.22. The molecule has 5 heteroatoms. The Morgan fingerprint density at radius 1 is 1.25 bits per heavy atom. The van der Waals surface area contributed by atoms with Gasteiger partial charge in [-0.1, -0.05) is 13.0 Å². The Morgan fingerprint density at radius 3 is 2.75 bits per heavy atom. The fourth-order valence-electron chi connectivity index (χ4n) is 2.31. The van der Waals surface area contributed by atoms with Crippen molar-refractivity contribution in [3.05, 3.63) is 44.6 Å². The van der Waals surface area contributed by atoms with Crippen LogP contribution in [0.5, 0.6) is 11.5 Å². The topological polar surface area (TPSA) is 30.5 Å². The molecule has 0 bridgehead atoms. The summed E-state index contributed by atoms with van der Waals surface area (Å²) in [6, 6.07) is 8.53. The molecule has 0 saturated heterocycles. The molecule has 1 aliphatic heterocycles. The number of hydrogen-bond acceptors (Lipinski definition) is 4. The predicted octanol–water partition coefficient (Wildman–Crippen LogP) is 3.98. The maximum absolute atomic E-state index is 5.67. The van der Waals surface area contributed by atoms with Crippen molar-refractivity contribution in [2.75, 3.05) is 19.8 Å². The third-order valence-corrected chi connectivity index (χ3v) is 4.94. The van der Waals surface area contributed by atoms with E-state index in [4.69, 9.17) is 9.47 Å². The third kappa shape index (κ3) is 2.85. The summed E-state index contributed by atoms with van der Waals surface area (Å²) in [4.78, 5) is 1.29. The van der Waals surface area contributed by atoms with Gasteiger partial charge in [0.15, 0.2) is 11.5 Å². The van der Waals surface area contributed by atoms with Gasteiger partial charge in [0, 0.05) is 14.7 Å². The van der Waals surface area contributed by atoms with E-state index in [1.54, 1.807) is 11.3 Å². The van der Waals surface area contributed by atoms with Crippen molar-refractivity contribution in [1.82, 2.24) is 5.32 Å². The van der Waals surface area contributed by atoms with Gasteiger partial charge in [-0.25, -0.2) is 0 Å². The smallest absolute Gasteiger partial charge is 0.161 e. The molecule has 3 rings (SSSR count). The Balaban J connectivity index is 1.95. The number of rotatable bonds is 4. The summed E-state index contributed by atoms with van der Waals surface area (Å²) < 4.78 is 12.4. The minimum atomic E-state index is 0.187. The number of thiophene rings is 1. The van der Waals surface area contributed by atoms with Gasteiger partial charge in [0.2, 0.25) is 0 Å². The van der Waals surface area contributed by atoms with Gasteiger partial charge in [-0.05, 0) is 46.2 Å². The summed E-state index contributed by atoms with van der Waals surface area (Å²) in [7, 11) is 0.